The summed E-state index contributed by atoms with van der Waals surface area (Å²) in [5.74, 6) is 1.43. The molecule has 0 fully saturated rings. The molecule has 0 radical (unpaired) electrons. The fourth-order valence-corrected chi connectivity index (χ4v) is 6.29. The van der Waals surface area contributed by atoms with Gasteiger partial charge in [0.25, 0.3) is 0 Å². The molecule has 0 saturated carbocycles. The van der Waals surface area contributed by atoms with Crippen molar-refractivity contribution in [3.63, 3.8) is 0 Å². The molecule has 1 aromatic heterocycles. The van der Waals surface area contributed by atoms with E-state index in [2.05, 4.69) is 125 Å². The van der Waals surface area contributed by atoms with Crippen LogP contribution in [0.5, 0.6) is 0 Å². The molecule has 0 spiro atoms. The van der Waals surface area contributed by atoms with Crippen molar-refractivity contribution in [3.8, 4) is 5.69 Å². The lowest BCUT2D eigenvalue weighted by Gasteiger charge is -2.32. The van der Waals surface area contributed by atoms with Crippen molar-refractivity contribution in [1.82, 2.24) is 4.57 Å². The molecule has 1 nitrogen and oxygen atoms in total. The summed E-state index contributed by atoms with van der Waals surface area (Å²) in [4.78, 5) is 0. The molecule has 6 rings (SSSR count). The van der Waals surface area contributed by atoms with Crippen LogP contribution in [0.4, 0.5) is 0 Å². The van der Waals surface area contributed by atoms with Crippen LogP contribution in [0.1, 0.15) is 76.0 Å². The number of para-hydroxylation sites is 3. The Bertz CT molecular complexity index is 1560. The molecule has 0 saturated heterocycles. The van der Waals surface area contributed by atoms with Crippen molar-refractivity contribution in [1.29, 1.82) is 0 Å². The Hall–Kier alpha value is -3.26. The first-order valence-corrected chi connectivity index (χ1v) is 13.2. The number of hydrogen-bond acceptors (Lipinski definition) is 0. The van der Waals surface area contributed by atoms with Gasteiger partial charge in [0, 0.05) is 22.0 Å². The van der Waals surface area contributed by atoms with Gasteiger partial charge in [-0.1, -0.05) is 114 Å². The molecule has 1 aliphatic heterocycles. The van der Waals surface area contributed by atoms with E-state index in [0.717, 1.165) is 0 Å². The summed E-state index contributed by atoms with van der Waals surface area (Å²) < 4.78 is 2.51. The van der Waals surface area contributed by atoms with Crippen LogP contribution in [0, 0.1) is 0 Å². The number of hydrogen-bond donors (Lipinski definition) is 0. The predicted octanol–water partition coefficient (Wildman–Crippen LogP) is 6.98. The normalized spacial score (nSPS) is 13.0. The summed E-state index contributed by atoms with van der Waals surface area (Å²) >= 11 is 0. The zero-order valence-corrected chi connectivity index (χ0v) is 21.8. The Kier molecular flexibility index (Phi) is 5.18. The molecule has 0 unspecified atom stereocenters. The largest absolute Gasteiger partial charge is 0.310 e. The van der Waals surface area contributed by atoms with Gasteiger partial charge in [-0.05, 0) is 57.5 Å². The summed E-state index contributed by atoms with van der Waals surface area (Å²) in [7, 11) is 0. The molecule has 5 aromatic rings. The highest BCUT2D eigenvalue weighted by Gasteiger charge is 2.36. The topological polar surface area (TPSA) is 4.93 Å². The van der Waals surface area contributed by atoms with E-state index < -0.39 is 0 Å². The van der Waals surface area contributed by atoms with E-state index in [0.29, 0.717) is 17.8 Å². The molecular formula is C33H34BN. The fourth-order valence-electron chi connectivity index (χ4n) is 6.29. The Morgan fingerprint density at radius 3 is 1.89 bits per heavy atom. The van der Waals surface area contributed by atoms with Crippen LogP contribution in [0.3, 0.4) is 0 Å². The SMILES string of the molecule is CC(C)c1cc(C(C)C)c(B2c3ccccc3-n3c4ccccc4c4cccc2c43)c(C(C)C)c1. The zero-order chi connectivity index (χ0) is 24.4. The third kappa shape index (κ3) is 3.23. The number of benzene rings is 4. The molecular weight excluding hydrogens is 421 g/mol. The van der Waals surface area contributed by atoms with E-state index in [1.54, 1.807) is 0 Å². The van der Waals surface area contributed by atoms with E-state index in [-0.39, 0.29) is 6.71 Å². The maximum absolute atomic E-state index is 2.51. The van der Waals surface area contributed by atoms with Gasteiger partial charge < -0.3 is 4.57 Å². The van der Waals surface area contributed by atoms with E-state index in [1.165, 1.54) is 60.6 Å². The monoisotopic (exact) mass is 455 g/mol. The molecule has 0 aliphatic carbocycles. The molecule has 4 aromatic carbocycles. The lowest BCUT2D eigenvalue weighted by Crippen LogP contribution is -2.58. The van der Waals surface area contributed by atoms with E-state index in [9.17, 15) is 0 Å². The second-order valence-corrected chi connectivity index (χ2v) is 11.2. The van der Waals surface area contributed by atoms with Gasteiger partial charge in [0.15, 0.2) is 0 Å². The van der Waals surface area contributed by atoms with Crippen LogP contribution >= 0.6 is 0 Å². The molecule has 0 amide bonds. The van der Waals surface area contributed by atoms with Gasteiger partial charge in [-0.25, -0.2) is 0 Å². The summed E-state index contributed by atoms with van der Waals surface area (Å²) in [5, 5.41) is 2.69. The first-order valence-electron chi connectivity index (χ1n) is 13.2. The maximum Gasteiger partial charge on any atom is 0.247 e. The highest BCUT2D eigenvalue weighted by atomic mass is 15.0. The third-order valence-electron chi connectivity index (χ3n) is 7.99. The standard InChI is InChI=1S/C33H34BN/c1-20(2)23-18-26(21(3)4)32(27(19-23)22(5)6)34-28-14-8-10-17-31(28)35-30-16-9-7-12-24(30)25-13-11-15-29(34)33(25)35/h7-22H,1-6H3. The molecule has 174 valence electrons. The van der Waals surface area contributed by atoms with Gasteiger partial charge in [0.2, 0.25) is 6.71 Å². The van der Waals surface area contributed by atoms with Gasteiger partial charge >= 0.3 is 0 Å². The highest BCUT2D eigenvalue weighted by Crippen LogP contribution is 2.34. The van der Waals surface area contributed by atoms with Crippen molar-refractivity contribution in [2.45, 2.75) is 59.3 Å². The van der Waals surface area contributed by atoms with E-state index in [1.807, 2.05) is 0 Å². The van der Waals surface area contributed by atoms with E-state index >= 15 is 0 Å². The first kappa shape index (κ1) is 22.2. The summed E-state index contributed by atoms with van der Waals surface area (Å²) in [6, 6.07) is 29.9. The maximum atomic E-state index is 2.51. The van der Waals surface area contributed by atoms with Crippen molar-refractivity contribution in [2.75, 3.05) is 0 Å². The van der Waals surface area contributed by atoms with E-state index in [4.69, 9.17) is 0 Å². The Morgan fingerprint density at radius 2 is 1.20 bits per heavy atom. The predicted molar refractivity (Wildman–Crippen MR) is 154 cm³/mol. The quantitative estimate of drug-likeness (QED) is 0.253. The van der Waals surface area contributed by atoms with Crippen molar-refractivity contribution in [3.05, 3.63) is 95.6 Å². The van der Waals surface area contributed by atoms with Gasteiger partial charge in [0.1, 0.15) is 0 Å². The fraction of sp³-hybridized carbons (Fsp3) is 0.273. The van der Waals surface area contributed by atoms with Crippen molar-refractivity contribution in [2.24, 2.45) is 0 Å². The number of fused-ring (bicyclic) bond motifs is 5. The molecule has 0 N–H and O–H groups in total. The average Bonchev–Trinajstić information content (AvgIpc) is 3.19. The van der Waals surface area contributed by atoms with Crippen molar-refractivity contribution < 1.29 is 0 Å². The lowest BCUT2D eigenvalue weighted by atomic mass is 9.33. The summed E-state index contributed by atoms with van der Waals surface area (Å²) in [5.41, 5.74) is 12.8. The number of aromatic nitrogens is 1. The van der Waals surface area contributed by atoms with Crippen LogP contribution in [-0.4, -0.2) is 11.3 Å². The van der Waals surface area contributed by atoms with Crippen LogP contribution < -0.4 is 16.4 Å². The molecule has 0 bridgehead atoms. The molecule has 2 heteroatoms. The summed E-state index contributed by atoms with van der Waals surface area (Å²) in [6.45, 7) is 14.3. The second kappa shape index (κ2) is 8.16. The Balaban J connectivity index is 1.79. The molecule has 0 atom stereocenters. The first-order chi connectivity index (χ1) is 16.9. The minimum absolute atomic E-state index is 0.225. The van der Waals surface area contributed by atoms with Crippen molar-refractivity contribution >= 4 is 44.9 Å². The number of rotatable bonds is 4. The van der Waals surface area contributed by atoms with Gasteiger partial charge in [0.05, 0.1) is 5.52 Å². The highest BCUT2D eigenvalue weighted by molar-refractivity contribution is 6.98. The molecule has 35 heavy (non-hydrogen) atoms. The third-order valence-corrected chi connectivity index (χ3v) is 7.99. The smallest absolute Gasteiger partial charge is 0.247 e. The minimum atomic E-state index is 0.225. The number of nitrogens with zero attached hydrogens (tertiary/aromatic N) is 1. The Morgan fingerprint density at radius 1 is 0.600 bits per heavy atom. The van der Waals surface area contributed by atoms with Gasteiger partial charge in [-0.2, -0.15) is 0 Å². The lowest BCUT2D eigenvalue weighted by molar-refractivity contribution is 0.812. The van der Waals surface area contributed by atoms with Gasteiger partial charge in [-0.3, -0.25) is 0 Å². The van der Waals surface area contributed by atoms with Crippen LogP contribution in [0.25, 0.3) is 27.5 Å². The minimum Gasteiger partial charge on any atom is -0.310 e. The zero-order valence-electron chi connectivity index (χ0n) is 21.8. The van der Waals surface area contributed by atoms with Crippen LogP contribution in [-0.2, 0) is 0 Å². The average molecular weight is 455 g/mol. The van der Waals surface area contributed by atoms with Crippen LogP contribution in [0.2, 0.25) is 0 Å². The summed E-state index contributed by atoms with van der Waals surface area (Å²) in [6.07, 6.45) is 0. The molecule has 2 heterocycles. The van der Waals surface area contributed by atoms with Gasteiger partial charge in [-0.15, -0.1) is 0 Å². The van der Waals surface area contributed by atoms with Crippen LogP contribution in [0.15, 0.2) is 78.9 Å². The Labute approximate surface area is 209 Å². The second-order valence-electron chi connectivity index (χ2n) is 11.2. The molecule has 1 aliphatic rings.